The van der Waals surface area contributed by atoms with Gasteiger partial charge < -0.3 is 10.1 Å². The van der Waals surface area contributed by atoms with E-state index < -0.39 is 0 Å². The maximum absolute atomic E-state index is 11.0. The summed E-state index contributed by atoms with van der Waals surface area (Å²) in [6.07, 6.45) is 0.733. The Morgan fingerprint density at radius 1 is 1.38 bits per heavy atom. The minimum Gasteiger partial charge on any atom is -0.479 e. The molecule has 0 radical (unpaired) electrons. The average molecular weight is 347 g/mol. The Labute approximate surface area is 131 Å². The molecule has 0 atom stereocenters. The van der Waals surface area contributed by atoms with Gasteiger partial charge in [0.15, 0.2) is 6.61 Å². The number of hydrogen-bond donors (Lipinski definition) is 1. The zero-order chi connectivity index (χ0) is 15.2. The summed E-state index contributed by atoms with van der Waals surface area (Å²) in [5.74, 6) is 0.638. The van der Waals surface area contributed by atoms with Crippen molar-refractivity contribution in [2.24, 2.45) is 0 Å². The Bertz CT molecular complexity index is 707. The summed E-state index contributed by atoms with van der Waals surface area (Å²) in [6.45, 7) is 2.13. The summed E-state index contributed by atoms with van der Waals surface area (Å²) in [5.41, 5.74) is 1.12. The van der Waals surface area contributed by atoms with Crippen molar-refractivity contribution in [2.45, 2.75) is 13.3 Å². The number of fused-ring (bicyclic) bond motifs is 1. The van der Waals surface area contributed by atoms with E-state index in [4.69, 9.17) is 10.00 Å². The fraction of sp³-hybridized carbons (Fsp3) is 0.250. The zero-order valence-electron chi connectivity index (χ0n) is 11.6. The number of hydrogen-bond acceptors (Lipinski definition) is 3. The van der Waals surface area contributed by atoms with Gasteiger partial charge in [0.1, 0.15) is 11.8 Å². The number of nitrogens with one attached hydrogen (secondary N) is 1. The Morgan fingerprint density at radius 2 is 2.19 bits per heavy atom. The molecule has 0 aliphatic rings. The number of nitriles is 1. The van der Waals surface area contributed by atoms with Gasteiger partial charge in [-0.05, 0) is 47.0 Å². The molecule has 0 unspecified atom stereocenters. The van der Waals surface area contributed by atoms with Crippen molar-refractivity contribution in [3.05, 3.63) is 40.4 Å². The van der Waals surface area contributed by atoms with Crippen LogP contribution in [-0.4, -0.2) is 19.1 Å². The van der Waals surface area contributed by atoms with Gasteiger partial charge in [-0.2, -0.15) is 5.26 Å². The number of amides is 1. The molecular weight excluding hydrogens is 332 g/mol. The molecule has 0 aliphatic heterocycles. The smallest absolute Gasteiger partial charge is 0.216 e. The van der Waals surface area contributed by atoms with Crippen LogP contribution in [0.15, 0.2) is 34.8 Å². The average Bonchev–Trinajstić information content (AvgIpc) is 2.44. The number of rotatable bonds is 5. The number of halogens is 1. The summed E-state index contributed by atoms with van der Waals surface area (Å²) in [4.78, 5) is 11.0. The molecule has 0 saturated carbocycles. The van der Waals surface area contributed by atoms with Gasteiger partial charge in [0.2, 0.25) is 5.91 Å². The summed E-state index contributed by atoms with van der Waals surface area (Å²) in [7, 11) is 0. The lowest BCUT2D eigenvalue weighted by Crippen LogP contribution is -2.22. The normalized spacial score (nSPS) is 10.1. The molecule has 21 heavy (non-hydrogen) atoms. The van der Waals surface area contributed by atoms with Crippen molar-refractivity contribution in [1.29, 1.82) is 5.26 Å². The second-order valence-electron chi connectivity index (χ2n) is 4.63. The van der Waals surface area contributed by atoms with Crippen LogP contribution in [0.4, 0.5) is 0 Å². The van der Waals surface area contributed by atoms with E-state index in [1.54, 1.807) is 0 Å². The van der Waals surface area contributed by atoms with E-state index in [9.17, 15) is 4.79 Å². The van der Waals surface area contributed by atoms with Gasteiger partial charge in [-0.15, -0.1) is 0 Å². The second-order valence-corrected chi connectivity index (χ2v) is 5.54. The van der Waals surface area contributed by atoms with E-state index in [-0.39, 0.29) is 12.5 Å². The van der Waals surface area contributed by atoms with Crippen molar-refractivity contribution in [2.75, 3.05) is 13.2 Å². The predicted octanol–water partition coefficient (Wildman–Crippen LogP) is 3.18. The Hall–Kier alpha value is -2.06. The van der Waals surface area contributed by atoms with Crippen LogP contribution < -0.4 is 10.1 Å². The molecule has 2 aromatic rings. The molecule has 2 aromatic carbocycles. The number of ether oxygens (including phenoxy) is 1. The van der Waals surface area contributed by atoms with Crippen LogP contribution in [0.2, 0.25) is 0 Å². The molecule has 0 saturated heterocycles. The maximum Gasteiger partial charge on any atom is 0.216 e. The van der Waals surface area contributed by atoms with Crippen LogP contribution in [0, 0.1) is 11.3 Å². The maximum atomic E-state index is 11.0. The van der Waals surface area contributed by atoms with Crippen LogP contribution in [0.25, 0.3) is 10.8 Å². The predicted molar refractivity (Wildman–Crippen MR) is 85.1 cm³/mol. The molecule has 1 N–H and O–H groups in total. The first-order valence-corrected chi connectivity index (χ1v) is 7.36. The minimum atomic E-state index is -0.0349. The summed E-state index contributed by atoms with van der Waals surface area (Å²) >= 11 is 3.50. The molecule has 0 aliphatic carbocycles. The van der Waals surface area contributed by atoms with E-state index in [2.05, 4.69) is 21.2 Å². The molecule has 1 amide bonds. The SMILES string of the molecule is CC(=O)NCCc1cc(Br)cc2ccc(OCC#N)cc12. The van der Waals surface area contributed by atoms with Gasteiger partial charge in [0.05, 0.1) is 0 Å². The molecule has 0 spiro atoms. The van der Waals surface area contributed by atoms with Gasteiger partial charge in [-0.1, -0.05) is 22.0 Å². The lowest BCUT2D eigenvalue weighted by atomic mass is 10.0. The molecule has 0 fully saturated rings. The quantitative estimate of drug-likeness (QED) is 0.904. The zero-order valence-corrected chi connectivity index (χ0v) is 13.2. The van der Waals surface area contributed by atoms with Gasteiger partial charge in [0, 0.05) is 17.9 Å². The van der Waals surface area contributed by atoms with Crippen molar-refractivity contribution in [1.82, 2.24) is 5.32 Å². The van der Waals surface area contributed by atoms with Crippen molar-refractivity contribution in [3.8, 4) is 11.8 Å². The third-order valence-corrected chi connectivity index (χ3v) is 3.51. The summed E-state index contributed by atoms with van der Waals surface area (Å²) in [6, 6.07) is 11.8. The van der Waals surface area contributed by atoms with Crippen LogP contribution in [0.1, 0.15) is 12.5 Å². The number of carbonyl (C=O) groups is 1. The van der Waals surface area contributed by atoms with E-state index in [0.717, 1.165) is 27.2 Å². The van der Waals surface area contributed by atoms with Crippen molar-refractivity contribution >= 4 is 32.6 Å². The highest BCUT2D eigenvalue weighted by atomic mass is 79.9. The third-order valence-electron chi connectivity index (χ3n) is 3.05. The first kappa shape index (κ1) is 15.3. The van der Waals surface area contributed by atoms with Crippen molar-refractivity contribution in [3.63, 3.8) is 0 Å². The van der Waals surface area contributed by atoms with Gasteiger partial charge >= 0.3 is 0 Å². The van der Waals surface area contributed by atoms with Crippen LogP contribution in [0.5, 0.6) is 5.75 Å². The lowest BCUT2D eigenvalue weighted by Gasteiger charge is -2.10. The molecule has 0 heterocycles. The molecule has 4 nitrogen and oxygen atoms in total. The Morgan fingerprint density at radius 3 is 2.90 bits per heavy atom. The number of nitrogens with zero attached hydrogens (tertiary/aromatic N) is 1. The topological polar surface area (TPSA) is 62.1 Å². The fourth-order valence-corrected chi connectivity index (χ4v) is 2.68. The highest BCUT2D eigenvalue weighted by Crippen LogP contribution is 2.28. The monoisotopic (exact) mass is 346 g/mol. The van der Waals surface area contributed by atoms with E-state index in [1.807, 2.05) is 36.4 Å². The number of benzene rings is 2. The lowest BCUT2D eigenvalue weighted by molar-refractivity contribution is -0.118. The first-order chi connectivity index (χ1) is 10.1. The second kappa shape index (κ2) is 7.09. The number of carbonyl (C=O) groups excluding carboxylic acids is 1. The molecular formula is C16H15BrN2O2. The third kappa shape index (κ3) is 4.20. The Kier molecular flexibility index (Phi) is 5.18. The molecule has 5 heteroatoms. The highest BCUT2D eigenvalue weighted by molar-refractivity contribution is 9.10. The van der Waals surface area contributed by atoms with E-state index >= 15 is 0 Å². The van der Waals surface area contributed by atoms with Crippen LogP contribution in [-0.2, 0) is 11.2 Å². The molecule has 108 valence electrons. The molecule has 0 bridgehead atoms. The summed E-state index contributed by atoms with van der Waals surface area (Å²) in [5, 5.41) is 13.5. The van der Waals surface area contributed by atoms with Gasteiger partial charge in [-0.25, -0.2) is 0 Å². The van der Waals surface area contributed by atoms with Crippen LogP contribution >= 0.6 is 15.9 Å². The van der Waals surface area contributed by atoms with E-state index in [0.29, 0.717) is 12.3 Å². The largest absolute Gasteiger partial charge is 0.479 e. The highest BCUT2D eigenvalue weighted by Gasteiger charge is 2.06. The van der Waals surface area contributed by atoms with E-state index in [1.165, 1.54) is 6.92 Å². The van der Waals surface area contributed by atoms with Gasteiger partial charge in [0.25, 0.3) is 0 Å². The summed E-state index contributed by atoms with van der Waals surface area (Å²) < 4.78 is 6.35. The van der Waals surface area contributed by atoms with Crippen molar-refractivity contribution < 1.29 is 9.53 Å². The minimum absolute atomic E-state index is 0.0310. The molecule has 0 aromatic heterocycles. The standard InChI is InChI=1S/C16H15BrN2O2/c1-11(20)19-6-4-13-9-14(17)8-12-2-3-15(10-16(12)13)21-7-5-18/h2-3,8-10H,4,6-7H2,1H3,(H,19,20). The first-order valence-electron chi connectivity index (χ1n) is 6.56. The fourth-order valence-electron chi connectivity index (χ4n) is 2.16. The van der Waals surface area contributed by atoms with Gasteiger partial charge in [-0.3, -0.25) is 4.79 Å². The van der Waals surface area contributed by atoms with Crippen LogP contribution in [0.3, 0.4) is 0 Å². The molecule has 2 rings (SSSR count). The Balaban J connectivity index is 2.32.